The lowest BCUT2D eigenvalue weighted by Gasteiger charge is -2.03. The SMILES string of the molecule is Cc1cc(S(=O)(=O)Nc2cccnn2)sc1Br. The second-order valence-corrected chi connectivity index (χ2v) is 7.52. The smallest absolute Gasteiger partial charge is 0.261 e. The summed E-state index contributed by atoms with van der Waals surface area (Å²) in [6.45, 7) is 1.84. The zero-order valence-electron chi connectivity index (χ0n) is 8.71. The van der Waals surface area contributed by atoms with Gasteiger partial charge in [-0.15, -0.1) is 16.4 Å². The van der Waals surface area contributed by atoms with Crippen LogP contribution in [0.4, 0.5) is 5.82 Å². The summed E-state index contributed by atoms with van der Waals surface area (Å²) >= 11 is 4.45. The van der Waals surface area contributed by atoms with E-state index >= 15 is 0 Å². The summed E-state index contributed by atoms with van der Waals surface area (Å²) < 4.78 is 27.4. The van der Waals surface area contributed by atoms with Crippen molar-refractivity contribution in [1.82, 2.24) is 10.2 Å². The quantitative estimate of drug-likeness (QED) is 0.936. The number of hydrogen-bond acceptors (Lipinski definition) is 5. The van der Waals surface area contributed by atoms with Gasteiger partial charge in [-0.3, -0.25) is 4.72 Å². The lowest BCUT2D eigenvalue weighted by molar-refractivity contribution is 0.603. The maximum atomic E-state index is 12.0. The van der Waals surface area contributed by atoms with Gasteiger partial charge in [-0.05, 0) is 46.6 Å². The molecule has 0 amide bonds. The molecule has 8 heteroatoms. The van der Waals surface area contributed by atoms with Crippen LogP contribution in [-0.2, 0) is 10.0 Å². The molecule has 0 aromatic carbocycles. The number of halogens is 1. The van der Waals surface area contributed by atoms with Crippen LogP contribution in [0.1, 0.15) is 5.56 Å². The molecule has 2 heterocycles. The van der Waals surface area contributed by atoms with Crippen LogP contribution < -0.4 is 4.72 Å². The largest absolute Gasteiger partial charge is 0.272 e. The molecule has 90 valence electrons. The molecule has 0 radical (unpaired) electrons. The highest BCUT2D eigenvalue weighted by Crippen LogP contribution is 2.31. The molecule has 0 aliphatic heterocycles. The van der Waals surface area contributed by atoms with Gasteiger partial charge < -0.3 is 0 Å². The van der Waals surface area contributed by atoms with Gasteiger partial charge in [0.2, 0.25) is 0 Å². The first kappa shape index (κ1) is 12.5. The van der Waals surface area contributed by atoms with Gasteiger partial charge in [-0.1, -0.05) is 0 Å². The molecule has 0 saturated carbocycles. The molecule has 0 aliphatic carbocycles. The van der Waals surface area contributed by atoms with Crippen molar-refractivity contribution in [3.63, 3.8) is 0 Å². The summed E-state index contributed by atoms with van der Waals surface area (Å²) in [7, 11) is -3.58. The number of thiophene rings is 1. The van der Waals surface area contributed by atoms with E-state index in [1.807, 2.05) is 6.92 Å². The summed E-state index contributed by atoms with van der Waals surface area (Å²) in [5, 5.41) is 7.27. The second-order valence-electron chi connectivity index (χ2n) is 3.24. The Hall–Kier alpha value is -0.990. The molecule has 0 bridgehead atoms. The Labute approximate surface area is 111 Å². The summed E-state index contributed by atoms with van der Waals surface area (Å²) in [6, 6.07) is 4.76. The summed E-state index contributed by atoms with van der Waals surface area (Å²) in [5.41, 5.74) is 0.884. The van der Waals surface area contributed by atoms with E-state index in [-0.39, 0.29) is 10.0 Å². The lowest BCUT2D eigenvalue weighted by atomic mass is 10.4. The molecular formula is C9H8BrN3O2S2. The van der Waals surface area contributed by atoms with Crippen LogP contribution in [0, 0.1) is 6.92 Å². The van der Waals surface area contributed by atoms with Crippen LogP contribution in [0.2, 0.25) is 0 Å². The topological polar surface area (TPSA) is 72.0 Å². The molecule has 0 spiro atoms. The fourth-order valence-electron chi connectivity index (χ4n) is 1.11. The van der Waals surface area contributed by atoms with Crippen molar-refractivity contribution in [1.29, 1.82) is 0 Å². The molecule has 0 saturated heterocycles. The van der Waals surface area contributed by atoms with Crippen LogP contribution in [0.15, 0.2) is 32.4 Å². The number of hydrogen-bond donors (Lipinski definition) is 1. The van der Waals surface area contributed by atoms with Crippen LogP contribution in [-0.4, -0.2) is 18.6 Å². The Morgan fingerprint density at radius 1 is 1.47 bits per heavy atom. The van der Waals surface area contributed by atoms with Gasteiger partial charge in [0.15, 0.2) is 5.82 Å². The van der Waals surface area contributed by atoms with Gasteiger partial charge in [0.1, 0.15) is 4.21 Å². The summed E-state index contributed by atoms with van der Waals surface area (Å²) in [6.07, 6.45) is 1.48. The zero-order chi connectivity index (χ0) is 12.5. The van der Waals surface area contributed by atoms with Crippen molar-refractivity contribution in [2.24, 2.45) is 0 Å². The van der Waals surface area contributed by atoms with Crippen molar-refractivity contribution in [3.05, 3.63) is 33.7 Å². The average molecular weight is 334 g/mol. The number of anilines is 1. The van der Waals surface area contributed by atoms with E-state index in [0.29, 0.717) is 0 Å². The minimum absolute atomic E-state index is 0.203. The third-order valence-corrected chi connectivity index (χ3v) is 5.88. The number of aryl methyl sites for hydroxylation is 1. The molecule has 17 heavy (non-hydrogen) atoms. The minimum Gasteiger partial charge on any atom is -0.261 e. The van der Waals surface area contributed by atoms with E-state index < -0.39 is 10.0 Å². The maximum Gasteiger partial charge on any atom is 0.272 e. The first-order valence-corrected chi connectivity index (χ1v) is 7.65. The van der Waals surface area contributed by atoms with Gasteiger partial charge in [0.25, 0.3) is 10.0 Å². The molecule has 2 rings (SSSR count). The van der Waals surface area contributed by atoms with E-state index in [0.717, 1.165) is 20.7 Å². The van der Waals surface area contributed by atoms with Crippen molar-refractivity contribution in [3.8, 4) is 0 Å². The van der Waals surface area contributed by atoms with Gasteiger partial charge >= 0.3 is 0 Å². The Bertz CT molecular complexity index is 605. The van der Waals surface area contributed by atoms with Crippen molar-refractivity contribution in [2.75, 3.05) is 4.72 Å². The number of nitrogens with one attached hydrogen (secondary N) is 1. The molecule has 0 aliphatic rings. The molecule has 2 aromatic rings. The molecule has 0 unspecified atom stereocenters. The highest BCUT2D eigenvalue weighted by atomic mass is 79.9. The summed E-state index contributed by atoms with van der Waals surface area (Å²) in [5.74, 6) is 0.203. The predicted octanol–water partition coefficient (Wildman–Crippen LogP) is 2.41. The molecule has 1 N–H and O–H groups in total. The number of sulfonamides is 1. The van der Waals surface area contributed by atoms with Crippen LogP contribution in [0.3, 0.4) is 0 Å². The zero-order valence-corrected chi connectivity index (χ0v) is 11.9. The van der Waals surface area contributed by atoms with Crippen LogP contribution >= 0.6 is 27.3 Å². The fraction of sp³-hybridized carbons (Fsp3) is 0.111. The molecule has 0 fully saturated rings. The highest BCUT2D eigenvalue weighted by Gasteiger charge is 2.18. The van der Waals surface area contributed by atoms with Crippen molar-refractivity contribution < 1.29 is 8.42 Å². The maximum absolute atomic E-state index is 12.0. The standard InChI is InChI=1S/C9H8BrN3O2S2/c1-6-5-8(16-9(6)10)17(14,15)13-7-3-2-4-11-12-7/h2-5H,1H3,(H,12,13). The first-order chi connectivity index (χ1) is 7.99. The Morgan fingerprint density at radius 3 is 2.76 bits per heavy atom. The molecule has 5 nitrogen and oxygen atoms in total. The lowest BCUT2D eigenvalue weighted by Crippen LogP contribution is -2.12. The first-order valence-electron chi connectivity index (χ1n) is 4.55. The number of aromatic nitrogens is 2. The second kappa shape index (κ2) is 4.71. The van der Waals surface area contributed by atoms with Crippen molar-refractivity contribution >= 4 is 43.1 Å². The number of nitrogens with zero attached hydrogens (tertiary/aromatic N) is 2. The minimum atomic E-state index is -3.58. The van der Waals surface area contributed by atoms with E-state index in [1.54, 1.807) is 18.2 Å². The normalized spacial score (nSPS) is 11.4. The molecular weight excluding hydrogens is 326 g/mol. The van der Waals surface area contributed by atoms with Gasteiger partial charge in [-0.2, -0.15) is 5.10 Å². The Kier molecular flexibility index (Phi) is 3.45. The van der Waals surface area contributed by atoms with E-state index in [1.165, 1.54) is 6.20 Å². The van der Waals surface area contributed by atoms with Gasteiger partial charge in [-0.25, -0.2) is 8.42 Å². The Balaban J connectivity index is 2.32. The van der Waals surface area contributed by atoms with E-state index in [4.69, 9.17) is 0 Å². The third-order valence-electron chi connectivity index (χ3n) is 1.91. The highest BCUT2D eigenvalue weighted by molar-refractivity contribution is 9.11. The average Bonchev–Trinajstić information content (AvgIpc) is 2.61. The third kappa shape index (κ3) is 2.82. The van der Waals surface area contributed by atoms with Crippen molar-refractivity contribution in [2.45, 2.75) is 11.1 Å². The van der Waals surface area contributed by atoms with Crippen LogP contribution in [0.25, 0.3) is 0 Å². The monoisotopic (exact) mass is 333 g/mol. The number of rotatable bonds is 3. The molecule has 2 aromatic heterocycles. The van der Waals surface area contributed by atoms with E-state index in [9.17, 15) is 8.42 Å². The van der Waals surface area contributed by atoms with E-state index in [2.05, 4.69) is 30.8 Å². The fourth-order valence-corrected chi connectivity index (χ4v) is 4.33. The van der Waals surface area contributed by atoms with Gasteiger partial charge in [0.05, 0.1) is 3.79 Å². The molecule has 0 atom stereocenters. The van der Waals surface area contributed by atoms with Crippen LogP contribution in [0.5, 0.6) is 0 Å². The van der Waals surface area contributed by atoms with Gasteiger partial charge in [0, 0.05) is 6.20 Å². The predicted molar refractivity (Wildman–Crippen MR) is 69.6 cm³/mol. The Morgan fingerprint density at radius 2 is 2.24 bits per heavy atom. The summed E-state index contributed by atoms with van der Waals surface area (Å²) in [4.78, 5) is 0.